The number of methoxy groups -OCH3 is 1. The van der Waals surface area contributed by atoms with E-state index in [0.717, 1.165) is 6.07 Å². The Morgan fingerprint density at radius 2 is 2.56 bits per heavy atom. The largest absolute Gasteiger partial charge is 0.495 e. The highest BCUT2D eigenvalue weighted by atomic mass is 79.9. The summed E-state index contributed by atoms with van der Waals surface area (Å²) in [6.45, 7) is 0. The number of nitrogens with zero attached hydrogens (tertiary/aromatic N) is 1. The predicted molar refractivity (Wildman–Crippen MR) is 56.7 cm³/mol. The lowest BCUT2D eigenvalue weighted by Gasteiger charge is -2.09. The summed E-state index contributed by atoms with van der Waals surface area (Å²) in [6, 6.07) is 2.68. The summed E-state index contributed by atoms with van der Waals surface area (Å²) in [4.78, 5) is 10.6. The fourth-order valence-electron chi connectivity index (χ4n) is 1.14. The molecule has 4 nitrogen and oxygen atoms in total. The molecule has 6 heteroatoms. The first-order valence-corrected chi connectivity index (χ1v) is 4.80. The molecule has 0 heterocycles. The second-order valence-corrected chi connectivity index (χ2v) is 3.63. The van der Waals surface area contributed by atoms with Crippen LogP contribution in [-0.2, 0) is 11.2 Å². The number of ether oxygens (including phenoxy) is 1. The maximum Gasteiger partial charge on any atom is 0.307 e. The SMILES string of the molecule is [2H]C([2H])Oc1cc(CC(=O)O)c(Br)c(F)c1C#N. The number of carboxylic acids is 1. The molecule has 0 radical (unpaired) electrons. The Balaban J connectivity index is 3.36. The molecule has 0 aliphatic rings. The summed E-state index contributed by atoms with van der Waals surface area (Å²) >= 11 is 2.86. The van der Waals surface area contributed by atoms with Gasteiger partial charge in [0.05, 0.1) is 20.7 Å². The number of halogens is 2. The molecule has 0 saturated carbocycles. The Morgan fingerprint density at radius 3 is 3.06 bits per heavy atom. The molecule has 0 unspecified atom stereocenters. The zero-order valence-corrected chi connectivity index (χ0v) is 9.41. The number of carboxylic acid groups (broad SMARTS) is 1. The smallest absolute Gasteiger partial charge is 0.307 e. The number of carbonyl (C=O) groups is 1. The van der Waals surface area contributed by atoms with Gasteiger partial charge in [-0.3, -0.25) is 4.79 Å². The molecule has 0 atom stereocenters. The lowest BCUT2D eigenvalue weighted by atomic mass is 10.1. The van der Waals surface area contributed by atoms with Gasteiger partial charge in [0.2, 0.25) is 0 Å². The summed E-state index contributed by atoms with van der Waals surface area (Å²) in [5.41, 5.74) is -0.407. The molecule has 1 N–H and O–H groups in total. The fraction of sp³-hybridized carbons (Fsp3) is 0.200. The first-order chi connectivity index (χ1) is 8.36. The van der Waals surface area contributed by atoms with Gasteiger partial charge in [0, 0.05) is 0 Å². The molecule has 84 valence electrons. The molecule has 1 rings (SSSR count). The second-order valence-electron chi connectivity index (χ2n) is 2.84. The number of nitriles is 1. The molecule has 0 aliphatic heterocycles. The standard InChI is InChI=1S/C10H7BrFNO3/c1-16-7-2-5(3-8(14)15)9(11)10(12)6(7)4-13/h2H,3H2,1H3,(H,14,15)/i1D2. The molecule has 0 saturated heterocycles. The number of hydrogen-bond donors (Lipinski definition) is 1. The van der Waals surface area contributed by atoms with Crippen LogP contribution >= 0.6 is 15.9 Å². The lowest BCUT2D eigenvalue weighted by molar-refractivity contribution is -0.136. The van der Waals surface area contributed by atoms with Crippen LogP contribution in [0, 0.1) is 17.1 Å². The Kier molecular flexibility index (Phi) is 2.97. The van der Waals surface area contributed by atoms with Gasteiger partial charge in [0.15, 0.2) is 5.82 Å². The van der Waals surface area contributed by atoms with Crippen LogP contribution in [0.2, 0.25) is 0 Å². The van der Waals surface area contributed by atoms with Gasteiger partial charge < -0.3 is 9.84 Å². The van der Waals surface area contributed by atoms with E-state index in [-0.39, 0.29) is 15.8 Å². The van der Waals surface area contributed by atoms with Crippen molar-refractivity contribution in [2.45, 2.75) is 6.42 Å². The van der Waals surface area contributed by atoms with Crippen LogP contribution in [0.4, 0.5) is 4.39 Å². The van der Waals surface area contributed by atoms with Crippen molar-refractivity contribution >= 4 is 21.9 Å². The van der Waals surface area contributed by atoms with Crippen molar-refractivity contribution < 1.29 is 21.8 Å². The van der Waals surface area contributed by atoms with E-state index < -0.39 is 30.8 Å². The summed E-state index contributed by atoms with van der Waals surface area (Å²) in [7, 11) is -1.74. The first kappa shape index (κ1) is 9.60. The van der Waals surface area contributed by atoms with Crippen molar-refractivity contribution in [3.05, 3.63) is 27.5 Å². The van der Waals surface area contributed by atoms with Crippen molar-refractivity contribution in [1.29, 1.82) is 5.26 Å². The van der Waals surface area contributed by atoms with Crippen molar-refractivity contribution in [1.82, 2.24) is 0 Å². The molecule has 0 spiro atoms. The van der Waals surface area contributed by atoms with Crippen LogP contribution in [0.3, 0.4) is 0 Å². The van der Waals surface area contributed by atoms with Gasteiger partial charge in [-0.25, -0.2) is 4.39 Å². The van der Waals surface area contributed by atoms with E-state index in [1.807, 2.05) is 0 Å². The maximum absolute atomic E-state index is 13.8. The van der Waals surface area contributed by atoms with Crippen LogP contribution in [0.15, 0.2) is 10.5 Å². The third-order valence-electron chi connectivity index (χ3n) is 1.83. The van der Waals surface area contributed by atoms with Crippen LogP contribution in [0.5, 0.6) is 5.75 Å². The molecule has 1 aromatic rings. The zero-order chi connectivity index (χ0) is 13.9. The van der Waals surface area contributed by atoms with Crippen molar-refractivity contribution in [2.75, 3.05) is 7.06 Å². The lowest BCUT2D eigenvalue weighted by Crippen LogP contribution is -2.04. The molecular formula is C10H7BrFNO3. The van der Waals surface area contributed by atoms with E-state index in [9.17, 15) is 9.18 Å². The van der Waals surface area contributed by atoms with Crippen LogP contribution in [0.25, 0.3) is 0 Å². The van der Waals surface area contributed by atoms with Gasteiger partial charge in [-0.05, 0) is 27.6 Å². The fourth-order valence-corrected chi connectivity index (χ4v) is 1.59. The van der Waals surface area contributed by atoms with Gasteiger partial charge in [-0.2, -0.15) is 5.26 Å². The van der Waals surface area contributed by atoms with Gasteiger partial charge in [0.25, 0.3) is 0 Å². The summed E-state index contributed by atoms with van der Waals surface area (Å²) in [6.07, 6.45) is -0.472. The van der Waals surface area contributed by atoms with Crippen LogP contribution < -0.4 is 4.74 Å². The van der Waals surface area contributed by atoms with Gasteiger partial charge >= 0.3 is 5.97 Å². The quantitative estimate of drug-likeness (QED) is 0.925. The third-order valence-corrected chi connectivity index (χ3v) is 2.68. The topological polar surface area (TPSA) is 70.3 Å². The monoisotopic (exact) mass is 289 g/mol. The first-order valence-electron chi connectivity index (χ1n) is 5.16. The molecule has 0 aliphatic carbocycles. The predicted octanol–water partition coefficient (Wildman–Crippen LogP) is 2.10. The second kappa shape index (κ2) is 4.94. The number of hydrogen-bond acceptors (Lipinski definition) is 3. The molecular weight excluding hydrogens is 281 g/mol. The van der Waals surface area contributed by atoms with Crippen LogP contribution in [0.1, 0.15) is 13.9 Å². The third kappa shape index (κ3) is 2.31. The molecule has 0 amide bonds. The van der Waals surface area contributed by atoms with Crippen molar-refractivity contribution in [3.63, 3.8) is 0 Å². The minimum Gasteiger partial charge on any atom is -0.495 e. The Hall–Kier alpha value is -1.61. The van der Waals surface area contributed by atoms with Crippen molar-refractivity contribution in [3.8, 4) is 11.8 Å². The average Bonchev–Trinajstić information content (AvgIpc) is 2.24. The summed E-state index contributed by atoms with van der Waals surface area (Å²) in [5.74, 6) is -2.46. The zero-order valence-electron chi connectivity index (χ0n) is 9.83. The molecule has 16 heavy (non-hydrogen) atoms. The Bertz CT molecular complexity index is 531. The minimum absolute atomic E-state index is 0.0645. The van der Waals surface area contributed by atoms with Gasteiger partial charge in [0.1, 0.15) is 17.4 Å². The average molecular weight is 290 g/mol. The molecule has 0 bridgehead atoms. The van der Waals surface area contributed by atoms with E-state index in [2.05, 4.69) is 20.7 Å². The minimum atomic E-state index is -1.74. The highest BCUT2D eigenvalue weighted by Crippen LogP contribution is 2.31. The van der Waals surface area contributed by atoms with Gasteiger partial charge in [-0.15, -0.1) is 0 Å². The molecule has 1 aromatic carbocycles. The highest BCUT2D eigenvalue weighted by Gasteiger charge is 2.18. The van der Waals surface area contributed by atoms with E-state index in [4.69, 9.17) is 13.1 Å². The van der Waals surface area contributed by atoms with E-state index in [1.165, 1.54) is 0 Å². The number of benzene rings is 1. The Morgan fingerprint density at radius 1 is 1.88 bits per heavy atom. The normalized spacial score (nSPS) is 11.6. The molecule has 0 aromatic heterocycles. The summed E-state index contributed by atoms with van der Waals surface area (Å²) in [5, 5.41) is 17.4. The Labute approximate surface area is 102 Å². The number of rotatable bonds is 3. The highest BCUT2D eigenvalue weighted by molar-refractivity contribution is 9.10. The van der Waals surface area contributed by atoms with E-state index >= 15 is 0 Å². The number of aliphatic carboxylic acids is 1. The van der Waals surface area contributed by atoms with E-state index in [0.29, 0.717) is 0 Å². The summed E-state index contributed by atoms with van der Waals surface area (Å²) < 4.78 is 32.1. The van der Waals surface area contributed by atoms with Crippen molar-refractivity contribution in [2.24, 2.45) is 0 Å². The van der Waals surface area contributed by atoms with Crippen LogP contribution in [-0.4, -0.2) is 18.1 Å². The van der Waals surface area contributed by atoms with Gasteiger partial charge in [-0.1, -0.05) is 0 Å². The maximum atomic E-state index is 13.8. The molecule has 0 fully saturated rings. The van der Waals surface area contributed by atoms with E-state index in [1.54, 1.807) is 6.07 Å².